The van der Waals surface area contributed by atoms with Crippen LogP contribution in [0.5, 0.6) is 11.5 Å². The van der Waals surface area contributed by atoms with Crippen LogP contribution < -0.4 is 15.0 Å². The van der Waals surface area contributed by atoms with Gasteiger partial charge in [0.1, 0.15) is 5.82 Å². The minimum absolute atomic E-state index is 0.254. The fourth-order valence-corrected chi connectivity index (χ4v) is 3.98. The summed E-state index contributed by atoms with van der Waals surface area (Å²) in [5.74, 6) is 0.244. The number of rotatable bonds is 12. The molecule has 36 heavy (non-hydrogen) atoms. The Morgan fingerprint density at radius 2 is 2.08 bits per heavy atom. The highest BCUT2D eigenvalue weighted by Crippen LogP contribution is 2.34. The van der Waals surface area contributed by atoms with Gasteiger partial charge in [0.2, 0.25) is 0 Å². The van der Waals surface area contributed by atoms with E-state index < -0.39 is 12.1 Å². The molecule has 190 valence electrons. The van der Waals surface area contributed by atoms with Crippen molar-refractivity contribution in [2.75, 3.05) is 6.61 Å². The molecule has 0 saturated carbocycles. The van der Waals surface area contributed by atoms with E-state index in [4.69, 9.17) is 14.5 Å². The summed E-state index contributed by atoms with van der Waals surface area (Å²) in [6.45, 7) is 9.52. The number of ether oxygens (including phenoxy) is 2. The van der Waals surface area contributed by atoms with Crippen molar-refractivity contribution in [1.82, 2.24) is 9.66 Å². The van der Waals surface area contributed by atoms with E-state index in [1.165, 1.54) is 11.6 Å². The predicted octanol–water partition coefficient (Wildman–Crippen LogP) is 5.36. The zero-order valence-electron chi connectivity index (χ0n) is 20.7. The van der Waals surface area contributed by atoms with Crippen molar-refractivity contribution in [3.8, 4) is 11.5 Å². The Balaban J connectivity index is 2.13. The van der Waals surface area contributed by atoms with E-state index >= 15 is 0 Å². The van der Waals surface area contributed by atoms with Crippen LogP contribution in [0.3, 0.4) is 0 Å². The lowest BCUT2D eigenvalue weighted by Crippen LogP contribution is -2.24. The molecule has 1 N–H and O–H groups in total. The second kappa shape index (κ2) is 12.5. The highest BCUT2D eigenvalue weighted by Gasteiger charge is 2.20. The van der Waals surface area contributed by atoms with Crippen LogP contribution in [0.1, 0.15) is 50.6 Å². The third kappa shape index (κ3) is 6.40. The third-order valence-electron chi connectivity index (χ3n) is 5.41. The average molecular weight is 556 g/mol. The van der Waals surface area contributed by atoms with Crippen LogP contribution in [0.15, 0.2) is 57.4 Å². The molecular weight excluding hydrogens is 526 g/mol. The highest BCUT2D eigenvalue weighted by molar-refractivity contribution is 9.10. The lowest BCUT2D eigenvalue weighted by Gasteiger charge is -2.18. The molecule has 8 nitrogen and oxygen atoms in total. The number of nitrogens with zero attached hydrogens (tertiary/aromatic N) is 3. The Morgan fingerprint density at radius 1 is 1.31 bits per heavy atom. The molecule has 3 aromatic rings. The Hall–Kier alpha value is -3.46. The molecule has 1 atom stereocenters. The first-order valence-corrected chi connectivity index (χ1v) is 12.6. The molecule has 0 unspecified atom stereocenters. The number of unbranched alkanes of at least 4 members (excludes halogenated alkanes) is 1. The van der Waals surface area contributed by atoms with Crippen LogP contribution in [0.2, 0.25) is 0 Å². The number of carbonyl (C=O) groups is 1. The molecule has 0 fully saturated rings. The summed E-state index contributed by atoms with van der Waals surface area (Å²) in [6, 6.07) is 8.95. The molecule has 3 rings (SSSR count). The molecule has 0 saturated heterocycles. The maximum Gasteiger partial charge on any atom is 0.344 e. The van der Waals surface area contributed by atoms with Gasteiger partial charge in [0, 0.05) is 16.5 Å². The van der Waals surface area contributed by atoms with Crippen molar-refractivity contribution in [3.05, 3.63) is 74.8 Å². The lowest BCUT2D eigenvalue weighted by atomic mass is 10.1. The molecule has 0 aliphatic carbocycles. The average Bonchev–Trinajstić information content (AvgIpc) is 2.84. The molecule has 0 amide bonds. The SMILES string of the molecule is C=CCc1cc(C=Nn2c(CCCC)nc3ccc(Br)cc3c2=O)cc(OCC)c1O[C@H](C)C(=O)O. The summed E-state index contributed by atoms with van der Waals surface area (Å²) < 4.78 is 13.6. The molecule has 0 aliphatic rings. The number of aliphatic carboxylic acids is 1. The molecular formula is C27H30BrN3O5. The summed E-state index contributed by atoms with van der Waals surface area (Å²) >= 11 is 3.42. The summed E-state index contributed by atoms with van der Waals surface area (Å²) in [7, 11) is 0. The first-order chi connectivity index (χ1) is 17.3. The zero-order chi connectivity index (χ0) is 26.2. The number of aromatic nitrogens is 2. The van der Waals surface area contributed by atoms with Crippen molar-refractivity contribution in [2.24, 2.45) is 5.10 Å². The van der Waals surface area contributed by atoms with Crippen LogP contribution >= 0.6 is 15.9 Å². The van der Waals surface area contributed by atoms with E-state index in [0.29, 0.717) is 58.8 Å². The molecule has 1 heterocycles. The number of aryl methyl sites for hydroxylation is 1. The van der Waals surface area contributed by atoms with Crippen LogP contribution in [-0.4, -0.2) is 39.7 Å². The molecule has 9 heteroatoms. The van der Waals surface area contributed by atoms with E-state index in [0.717, 1.165) is 17.3 Å². The number of fused-ring (bicyclic) bond motifs is 1. The number of carboxylic acid groups (broad SMARTS) is 1. The maximum absolute atomic E-state index is 13.3. The Bertz CT molecular complexity index is 1350. The van der Waals surface area contributed by atoms with Gasteiger partial charge in [-0.3, -0.25) is 4.79 Å². The Labute approximate surface area is 218 Å². The fourth-order valence-electron chi connectivity index (χ4n) is 3.62. The summed E-state index contributed by atoms with van der Waals surface area (Å²) in [6.07, 6.45) is 5.07. The number of hydrogen-bond acceptors (Lipinski definition) is 6. The monoisotopic (exact) mass is 555 g/mol. The van der Waals surface area contributed by atoms with Gasteiger partial charge in [0.05, 0.1) is 23.7 Å². The molecule has 0 bridgehead atoms. The van der Waals surface area contributed by atoms with Crippen LogP contribution in [-0.2, 0) is 17.6 Å². The first-order valence-electron chi connectivity index (χ1n) is 11.8. The normalized spacial score (nSPS) is 12.1. The highest BCUT2D eigenvalue weighted by atomic mass is 79.9. The lowest BCUT2D eigenvalue weighted by molar-refractivity contribution is -0.144. The van der Waals surface area contributed by atoms with Gasteiger partial charge in [0.15, 0.2) is 17.6 Å². The smallest absolute Gasteiger partial charge is 0.344 e. The maximum atomic E-state index is 13.3. The summed E-state index contributed by atoms with van der Waals surface area (Å²) in [5, 5.41) is 14.3. The second-order valence-corrected chi connectivity index (χ2v) is 9.10. The fraction of sp³-hybridized carbons (Fsp3) is 0.333. The number of hydrogen-bond donors (Lipinski definition) is 1. The number of halogens is 1. The number of benzene rings is 2. The van der Waals surface area contributed by atoms with E-state index in [-0.39, 0.29) is 5.56 Å². The van der Waals surface area contributed by atoms with Gasteiger partial charge in [-0.15, -0.1) is 6.58 Å². The standard InChI is InChI=1S/C27H30BrN3O5/c1-5-8-10-24-30-22-12-11-20(28)15-21(22)26(32)31(24)29-16-18-13-19(9-6-2)25(23(14-18)35-7-3)36-17(4)27(33)34/h6,11-17H,2,5,7-10H2,1,3-4H3,(H,33,34)/t17-/m1/s1. The Morgan fingerprint density at radius 3 is 2.75 bits per heavy atom. The topological polar surface area (TPSA) is 103 Å². The van der Waals surface area contributed by atoms with Gasteiger partial charge in [-0.1, -0.05) is 35.4 Å². The first kappa shape index (κ1) is 27.1. The summed E-state index contributed by atoms with van der Waals surface area (Å²) in [4.78, 5) is 29.4. The minimum atomic E-state index is -1.08. The van der Waals surface area contributed by atoms with E-state index in [2.05, 4.69) is 34.5 Å². The zero-order valence-corrected chi connectivity index (χ0v) is 22.2. The molecule has 2 aromatic carbocycles. The van der Waals surface area contributed by atoms with E-state index in [1.807, 2.05) is 25.1 Å². The minimum Gasteiger partial charge on any atom is -0.490 e. The van der Waals surface area contributed by atoms with Crippen LogP contribution in [0, 0.1) is 0 Å². The van der Waals surface area contributed by atoms with Crippen LogP contribution in [0.4, 0.5) is 0 Å². The van der Waals surface area contributed by atoms with Crippen molar-refractivity contribution in [1.29, 1.82) is 0 Å². The van der Waals surface area contributed by atoms with E-state index in [1.54, 1.807) is 24.4 Å². The van der Waals surface area contributed by atoms with Crippen molar-refractivity contribution in [2.45, 2.75) is 52.6 Å². The van der Waals surface area contributed by atoms with Crippen molar-refractivity contribution in [3.63, 3.8) is 0 Å². The third-order valence-corrected chi connectivity index (χ3v) is 5.91. The predicted molar refractivity (Wildman–Crippen MR) is 145 cm³/mol. The quantitative estimate of drug-likeness (QED) is 0.238. The van der Waals surface area contributed by atoms with Crippen molar-refractivity contribution >= 4 is 39.0 Å². The summed E-state index contributed by atoms with van der Waals surface area (Å²) in [5.41, 5.74) is 1.73. The molecule has 0 aliphatic heterocycles. The van der Waals surface area contributed by atoms with Gasteiger partial charge in [-0.2, -0.15) is 9.78 Å². The second-order valence-electron chi connectivity index (χ2n) is 8.19. The molecule has 1 aromatic heterocycles. The Kier molecular flexibility index (Phi) is 9.41. The molecule has 0 radical (unpaired) electrons. The van der Waals surface area contributed by atoms with Gasteiger partial charge < -0.3 is 14.6 Å². The van der Waals surface area contributed by atoms with Gasteiger partial charge in [-0.05, 0) is 62.6 Å². The van der Waals surface area contributed by atoms with Gasteiger partial charge in [-0.25, -0.2) is 9.78 Å². The number of carboxylic acids is 1. The van der Waals surface area contributed by atoms with Crippen molar-refractivity contribution < 1.29 is 19.4 Å². The van der Waals surface area contributed by atoms with Gasteiger partial charge in [0.25, 0.3) is 5.56 Å². The van der Waals surface area contributed by atoms with E-state index in [9.17, 15) is 14.7 Å². The molecule has 0 spiro atoms. The van der Waals surface area contributed by atoms with Crippen LogP contribution in [0.25, 0.3) is 10.9 Å². The largest absolute Gasteiger partial charge is 0.490 e. The van der Waals surface area contributed by atoms with Gasteiger partial charge >= 0.3 is 5.97 Å². The number of allylic oxidation sites excluding steroid dienone is 1.